The van der Waals surface area contributed by atoms with Crippen LogP contribution in [0, 0.1) is 13.8 Å². The van der Waals surface area contributed by atoms with Gasteiger partial charge in [0.1, 0.15) is 5.75 Å². The molecule has 0 radical (unpaired) electrons. The van der Waals surface area contributed by atoms with Gasteiger partial charge in [0.25, 0.3) is 0 Å². The van der Waals surface area contributed by atoms with Gasteiger partial charge in [0.15, 0.2) is 6.10 Å². The summed E-state index contributed by atoms with van der Waals surface area (Å²) in [4.78, 5) is 22.8. The van der Waals surface area contributed by atoms with Gasteiger partial charge in [-0.05, 0) is 62.2 Å². The number of ether oxygens (including phenoxy) is 2. The number of nitrogens with zero attached hydrogens (tertiary/aromatic N) is 1. The number of fused-ring (bicyclic) bond motifs is 1. The van der Waals surface area contributed by atoms with Crippen LogP contribution in [0.15, 0.2) is 36.4 Å². The van der Waals surface area contributed by atoms with E-state index in [1.807, 2.05) is 26.0 Å². The lowest BCUT2D eigenvalue weighted by Crippen LogP contribution is -2.24. The number of hydrogen-bond acceptors (Lipinski definition) is 4. The van der Waals surface area contributed by atoms with Crippen LogP contribution in [0.3, 0.4) is 0 Å². The van der Waals surface area contributed by atoms with Crippen LogP contribution in [0.4, 0.5) is 0 Å². The molecule has 0 fully saturated rings. The normalized spacial score (nSPS) is 12.0. The molecule has 3 rings (SSSR count). The zero-order valence-electron chi connectivity index (χ0n) is 16.7. The summed E-state index contributed by atoms with van der Waals surface area (Å²) in [5.74, 6) is -0.930. The molecule has 6 nitrogen and oxygen atoms in total. The van der Waals surface area contributed by atoms with E-state index in [4.69, 9.17) is 16.3 Å². The molecule has 0 amide bonds. The SMILES string of the molecule is COC(=O)[C@H](C)Oc1ccc(Cn2c(C)c(C)c3cc(C(=O)O)ccc32)c(Cl)c1. The number of carboxylic acids is 1. The molecule has 0 bridgehead atoms. The van der Waals surface area contributed by atoms with Crippen molar-refractivity contribution < 1.29 is 24.2 Å². The average molecular weight is 416 g/mol. The molecule has 0 aliphatic heterocycles. The number of hydrogen-bond donors (Lipinski definition) is 1. The maximum absolute atomic E-state index is 11.5. The Morgan fingerprint density at radius 1 is 1.17 bits per heavy atom. The van der Waals surface area contributed by atoms with E-state index in [1.165, 1.54) is 7.11 Å². The Morgan fingerprint density at radius 2 is 1.90 bits per heavy atom. The summed E-state index contributed by atoms with van der Waals surface area (Å²) in [5.41, 5.74) is 4.16. The lowest BCUT2D eigenvalue weighted by Gasteiger charge is -2.15. The first kappa shape index (κ1) is 20.7. The van der Waals surface area contributed by atoms with Crippen molar-refractivity contribution in [3.8, 4) is 5.75 Å². The van der Waals surface area contributed by atoms with Crippen LogP contribution < -0.4 is 4.74 Å². The Balaban J connectivity index is 1.92. The fourth-order valence-corrected chi connectivity index (χ4v) is 3.53. The maximum Gasteiger partial charge on any atom is 0.346 e. The highest BCUT2D eigenvalue weighted by molar-refractivity contribution is 6.31. The van der Waals surface area contributed by atoms with Gasteiger partial charge in [0.2, 0.25) is 0 Å². The summed E-state index contributed by atoms with van der Waals surface area (Å²) in [6.45, 7) is 6.11. The summed E-state index contributed by atoms with van der Waals surface area (Å²) in [5, 5.41) is 10.7. The van der Waals surface area contributed by atoms with Crippen LogP contribution >= 0.6 is 11.6 Å². The Morgan fingerprint density at radius 3 is 2.52 bits per heavy atom. The molecule has 0 unspecified atom stereocenters. The first-order valence-electron chi connectivity index (χ1n) is 9.08. The van der Waals surface area contributed by atoms with Crippen LogP contribution in [-0.2, 0) is 16.1 Å². The number of halogens is 1. The number of carbonyl (C=O) groups is 2. The predicted molar refractivity (Wildman–Crippen MR) is 111 cm³/mol. The summed E-state index contributed by atoms with van der Waals surface area (Å²) >= 11 is 6.47. The molecule has 1 heterocycles. The third-order valence-electron chi connectivity index (χ3n) is 5.08. The Kier molecular flexibility index (Phi) is 5.84. The quantitative estimate of drug-likeness (QED) is 0.595. The van der Waals surface area contributed by atoms with Gasteiger partial charge < -0.3 is 19.1 Å². The van der Waals surface area contributed by atoms with Crippen molar-refractivity contribution >= 4 is 34.4 Å². The van der Waals surface area contributed by atoms with E-state index in [2.05, 4.69) is 9.30 Å². The number of benzene rings is 2. The minimum Gasteiger partial charge on any atom is -0.479 e. The second-order valence-corrected chi connectivity index (χ2v) is 7.28. The summed E-state index contributed by atoms with van der Waals surface area (Å²) in [7, 11) is 1.31. The van der Waals surface area contributed by atoms with Crippen molar-refractivity contribution in [2.24, 2.45) is 0 Å². The van der Waals surface area contributed by atoms with Gasteiger partial charge in [-0.3, -0.25) is 0 Å². The summed E-state index contributed by atoms with van der Waals surface area (Å²) in [6, 6.07) is 10.4. The molecule has 7 heteroatoms. The lowest BCUT2D eigenvalue weighted by molar-refractivity contribution is -0.147. The fourth-order valence-electron chi connectivity index (χ4n) is 3.30. The molecule has 1 atom stereocenters. The number of carbonyl (C=O) groups excluding carboxylic acids is 1. The van der Waals surface area contributed by atoms with E-state index >= 15 is 0 Å². The van der Waals surface area contributed by atoms with Crippen molar-refractivity contribution in [3.05, 3.63) is 63.8 Å². The van der Waals surface area contributed by atoms with Crippen LogP contribution in [0.25, 0.3) is 10.9 Å². The first-order valence-corrected chi connectivity index (χ1v) is 9.46. The second kappa shape index (κ2) is 8.17. The zero-order valence-corrected chi connectivity index (χ0v) is 17.4. The van der Waals surface area contributed by atoms with E-state index in [1.54, 1.807) is 31.2 Å². The van der Waals surface area contributed by atoms with E-state index < -0.39 is 18.0 Å². The third kappa shape index (κ3) is 4.07. The van der Waals surface area contributed by atoms with Gasteiger partial charge in [-0.15, -0.1) is 0 Å². The number of rotatable bonds is 6. The van der Waals surface area contributed by atoms with Crippen molar-refractivity contribution in [2.75, 3.05) is 7.11 Å². The number of aromatic nitrogens is 1. The molecule has 0 saturated heterocycles. The third-order valence-corrected chi connectivity index (χ3v) is 5.44. The number of aryl methyl sites for hydroxylation is 1. The topological polar surface area (TPSA) is 77.8 Å². The number of methoxy groups -OCH3 is 1. The van der Waals surface area contributed by atoms with Crippen molar-refractivity contribution in [1.82, 2.24) is 4.57 Å². The number of carboxylic acid groups (broad SMARTS) is 1. The molecule has 3 aromatic rings. The standard InChI is InChI=1S/C22H22ClNO5/c1-12-13(2)24(20-8-6-15(21(25)26)9-18(12)20)11-16-5-7-17(10-19(16)23)29-14(3)22(27)28-4/h5-10,14H,11H2,1-4H3,(H,25,26)/t14-/m0/s1. The van der Waals surface area contributed by atoms with Gasteiger partial charge >= 0.3 is 11.9 Å². The Labute approximate surface area is 173 Å². The molecule has 1 N–H and O–H groups in total. The molecule has 0 spiro atoms. The van der Waals surface area contributed by atoms with E-state index in [-0.39, 0.29) is 5.56 Å². The molecule has 2 aromatic carbocycles. The molecule has 29 heavy (non-hydrogen) atoms. The number of esters is 1. The van der Waals surface area contributed by atoms with Crippen molar-refractivity contribution in [1.29, 1.82) is 0 Å². The smallest absolute Gasteiger partial charge is 0.346 e. The van der Waals surface area contributed by atoms with Crippen molar-refractivity contribution in [3.63, 3.8) is 0 Å². The largest absolute Gasteiger partial charge is 0.479 e. The molecule has 0 aliphatic carbocycles. The summed E-state index contributed by atoms with van der Waals surface area (Å²) < 4.78 is 12.3. The lowest BCUT2D eigenvalue weighted by atomic mass is 10.1. The van der Waals surface area contributed by atoms with E-state index in [0.29, 0.717) is 17.3 Å². The number of aromatic carboxylic acids is 1. The van der Waals surface area contributed by atoms with E-state index in [9.17, 15) is 14.7 Å². The zero-order chi connectivity index (χ0) is 21.3. The molecule has 1 aromatic heterocycles. The Bertz CT molecular complexity index is 1100. The fraction of sp³-hybridized carbons (Fsp3) is 0.273. The summed E-state index contributed by atoms with van der Waals surface area (Å²) in [6.07, 6.45) is -0.733. The highest BCUT2D eigenvalue weighted by Crippen LogP contribution is 2.30. The molecule has 152 valence electrons. The van der Waals surface area contributed by atoms with Gasteiger partial charge in [-0.1, -0.05) is 17.7 Å². The monoisotopic (exact) mass is 415 g/mol. The van der Waals surface area contributed by atoms with Crippen LogP contribution in [-0.4, -0.2) is 34.8 Å². The maximum atomic E-state index is 11.5. The molecule has 0 saturated carbocycles. The van der Waals surface area contributed by atoms with Gasteiger partial charge in [-0.2, -0.15) is 0 Å². The van der Waals surface area contributed by atoms with Gasteiger partial charge in [0, 0.05) is 28.2 Å². The minimum absolute atomic E-state index is 0.261. The van der Waals surface area contributed by atoms with Crippen LogP contribution in [0.2, 0.25) is 5.02 Å². The molecule has 0 aliphatic rings. The van der Waals surface area contributed by atoms with Gasteiger partial charge in [-0.25, -0.2) is 9.59 Å². The molecular weight excluding hydrogens is 394 g/mol. The average Bonchev–Trinajstić information content (AvgIpc) is 2.93. The van der Waals surface area contributed by atoms with Crippen molar-refractivity contribution in [2.45, 2.75) is 33.4 Å². The minimum atomic E-state index is -0.948. The Hall–Kier alpha value is -2.99. The second-order valence-electron chi connectivity index (χ2n) is 6.87. The van der Waals surface area contributed by atoms with Crippen LogP contribution in [0.1, 0.15) is 34.1 Å². The highest BCUT2D eigenvalue weighted by atomic mass is 35.5. The highest BCUT2D eigenvalue weighted by Gasteiger charge is 2.17. The van der Waals surface area contributed by atoms with E-state index in [0.717, 1.165) is 27.7 Å². The van der Waals surface area contributed by atoms with Crippen LogP contribution in [0.5, 0.6) is 5.75 Å². The first-order chi connectivity index (χ1) is 13.7. The van der Waals surface area contributed by atoms with Gasteiger partial charge in [0.05, 0.1) is 12.7 Å². The molecular formula is C22H22ClNO5. The predicted octanol–water partition coefficient (Wildman–Crippen LogP) is 4.60.